The largest absolute Gasteiger partial charge is 0.437 e. The number of piperazine rings is 1. The van der Waals surface area contributed by atoms with E-state index in [-0.39, 0.29) is 61.3 Å². The second-order valence-corrected chi connectivity index (χ2v) is 7.26. The summed E-state index contributed by atoms with van der Waals surface area (Å²) in [6, 6.07) is 10.5. The highest BCUT2D eigenvalue weighted by atomic mass is 19.1. The predicted octanol–water partition coefficient (Wildman–Crippen LogP) is 2.50. The Morgan fingerprint density at radius 1 is 1.03 bits per heavy atom. The molecule has 0 atom stereocenters. The highest BCUT2D eigenvalue weighted by Crippen LogP contribution is 2.27. The molecule has 1 aliphatic rings. The van der Waals surface area contributed by atoms with Gasteiger partial charge in [-0.1, -0.05) is 12.1 Å². The third-order valence-electron chi connectivity index (χ3n) is 5.27. The fourth-order valence-electron chi connectivity index (χ4n) is 3.58. The molecule has 32 heavy (non-hydrogen) atoms. The number of ether oxygens (including phenoxy) is 1. The number of hydrogen-bond acceptors (Lipinski definition) is 5. The summed E-state index contributed by atoms with van der Waals surface area (Å²) in [7, 11) is 0. The molecule has 1 aromatic heterocycles. The van der Waals surface area contributed by atoms with Gasteiger partial charge in [0.05, 0.1) is 29.4 Å². The molecule has 2 heterocycles. The van der Waals surface area contributed by atoms with Gasteiger partial charge in [0.1, 0.15) is 11.6 Å². The summed E-state index contributed by atoms with van der Waals surface area (Å²) in [5, 5.41) is 7.13. The van der Waals surface area contributed by atoms with Crippen LogP contribution in [0.2, 0.25) is 0 Å². The van der Waals surface area contributed by atoms with Crippen molar-refractivity contribution in [1.82, 2.24) is 20.0 Å². The van der Waals surface area contributed by atoms with E-state index >= 15 is 0 Å². The number of carbonyl (C=O) groups is 2. The van der Waals surface area contributed by atoms with Crippen LogP contribution in [-0.2, 0) is 4.79 Å². The molecule has 8 nitrogen and oxygen atoms in total. The summed E-state index contributed by atoms with van der Waals surface area (Å²) in [5.74, 6) is -1.26. The maximum atomic E-state index is 14.5. The average Bonchev–Trinajstić information content (AvgIpc) is 2.82. The van der Waals surface area contributed by atoms with Crippen LogP contribution in [0, 0.1) is 5.82 Å². The zero-order chi connectivity index (χ0) is 22.7. The minimum Gasteiger partial charge on any atom is -0.437 e. The summed E-state index contributed by atoms with van der Waals surface area (Å²) in [6.07, 6.45) is -0.185. The molecule has 166 valence electrons. The van der Waals surface area contributed by atoms with Gasteiger partial charge in [-0.05, 0) is 30.3 Å². The number of hydrogen-bond donors (Lipinski definition) is 1. The lowest BCUT2D eigenvalue weighted by atomic mass is 10.1. The number of aromatic amines is 1. The minimum absolute atomic E-state index is 0.116. The number of fused-ring (bicyclic) bond motifs is 1. The van der Waals surface area contributed by atoms with Crippen molar-refractivity contribution in [2.45, 2.75) is 6.42 Å². The zero-order valence-electron chi connectivity index (χ0n) is 17.0. The fourth-order valence-corrected chi connectivity index (χ4v) is 3.58. The normalized spacial score (nSPS) is 13.9. The Morgan fingerprint density at radius 2 is 1.72 bits per heavy atom. The number of aromatic nitrogens is 2. The average molecular weight is 442 g/mol. The van der Waals surface area contributed by atoms with Crippen LogP contribution in [0.5, 0.6) is 11.6 Å². The van der Waals surface area contributed by atoms with Crippen LogP contribution in [-0.4, -0.2) is 64.7 Å². The van der Waals surface area contributed by atoms with Gasteiger partial charge < -0.3 is 14.5 Å². The van der Waals surface area contributed by atoms with E-state index in [1.54, 1.807) is 24.3 Å². The van der Waals surface area contributed by atoms with Gasteiger partial charge in [-0.3, -0.25) is 18.8 Å². The van der Waals surface area contributed by atoms with Crippen LogP contribution in [0.15, 0.2) is 47.3 Å². The molecule has 10 heteroatoms. The van der Waals surface area contributed by atoms with E-state index in [0.717, 1.165) is 6.07 Å². The summed E-state index contributed by atoms with van der Waals surface area (Å²) < 4.78 is 32.6. The van der Waals surface area contributed by atoms with Crippen molar-refractivity contribution in [2.24, 2.45) is 0 Å². The van der Waals surface area contributed by atoms with Crippen LogP contribution >= 0.6 is 0 Å². The molecule has 0 saturated carbocycles. The summed E-state index contributed by atoms with van der Waals surface area (Å²) in [5.41, 5.74) is -0.549. The summed E-state index contributed by atoms with van der Waals surface area (Å²) in [6.45, 7) is 0.224. The van der Waals surface area contributed by atoms with Gasteiger partial charge in [-0.15, -0.1) is 5.10 Å². The molecule has 0 bridgehead atoms. The minimum atomic E-state index is -0.727. The van der Waals surface area contributed by atoms with E-state index in [0.29, 0.717) is 10.8 Å². The predicted molar refractivity (Wildman–Crippen MR) is 112 cm³/mol. The van der Waals surface area contributed by atoms with E-state index in [1.165, 1.54) is 21.9 Å². The quantitative estimate of drug-likeness (QED) is 0.655. The SMILES string of the molecule is O=C(CCF)N1CCN(C(=O)c2cc(Oc3n[nH]c(=O)c4ccccc34)ccc2F)CC1. The lowest BCUT2D eigenvalue weighted by Gasteiger charge is -2.34. The zero-order valence-corrected chi connectivity index (χ0v) is 17.0. The van der Waals surface area contributed by atoms with Crippen molar-refractivity contribution < 1.29 is 23.1 Å². The number of halogens is 2. The van der Waals surface area contributed by atoms with E-state index in [1.807, 2.05) is 0 Å². The number of benzene rings is 2. The van der Waals surface area contributed by atoms with Crippen molar-refractivity contribution in [3.63, 3.8) is 0 Å². The number of rotatable bonds is 5. The Kier molecular flexibility index (Phi) is 6.11. The molecule has 0 spiro atoms. The van der Waals surface area contributed by atoms with E-state index < -0.39 is 18.4 Å². The van der Waals surface area contributed by atoms with E-state index in [2.05, 4.69) is 10.2 Å². The first-order chi connectivity index (χ1) is 15.5. The third-order valence-corrected chi connectivity index (χ3v) is 5.27. The molecule has 2 aromatic carbocycles. The number of H-pyrrole nitrogens is 1. The highest BCUT2D eigenvalue weighted by molar-refractivity contribution is 5.95. The molecule has 1 N–H and O–H groups in total. The molecule has 1 fully saturated rings. The molecule has 1 saturated heterocycles. The number of alkyl halides is 1. The van der Waals surface area contributed by atoms with Crippen molar-refractivity contribution >= 4 is 22.6 Å². The second kappa shape index (κ2) is 9.13. The summed E-state index contributed by atoms with van der Waals surface area (Å²) in [4.78, 5) is 39.6. The van der Waals surface area contributed by atoms with Gasteiger partial charge in [-0.25, -0.2) is 9.49 Å². The van der Waals surface area contributed by atoms with Crippen molar-refractivity contribution in [1.29, 1.82) is 0 Å². The smallest absolute Gasteiger partial charge is 0.272 e. The lowest BCUT2D eigenvalue weighted by molar-refractivity contribution is -0.132. The van der Waals surface area contributed by atoms with Gasteiger partial charge in [0.2, 0.25) is 11.8 Å². The van der Waals surface area contributed by atoms with Crippen LogP contribution in [0.4, 0.5) is 8.78 Å². The van der Waals surface area contributed by atoms with E-state index in [9.17, 15) is 23.2 Å². The Labute approximate surface area is 181 Å². The Bertz CT molecular complexity index is 1220. The van der Waals surface area contributed by atoms with E-state index in [4.69, 9.17) is 4.74 Å². The van der Waals surface area contributed by atoms with Crippen LogP contribution < -0.4 is 10.3 Å². The molecule has 1 aliphatic heterocycles. The molecular formula is C22H20F2N4O4. The van der Waals surface area contributed by atoms with Crippen LogP contribution in [0.25, 0.3) is 10.8 Å². The number of nitrogens with zero attached hydrogens (tertiary/aromatic N) is 3. The Balaban J connectivity index is 1.53. The first-order valence-electron chi connectivity index (χ1n) is 10.1. The van der Waals surface area contributed by atoms with Crippen molar-refractivity contribution in [3.05, 3.63) is 64.2 Å². The molecule has 0 unspecified atom stereocenters. The molecular weight excluding hydrogens is 422 g/mol. The lowest BCUT2D eigenvalue weighted by Crippen LogP contribution is -2.50. The van der Waals surface area contributed by atoms with Gasteiger partial charge in [0, 0.05) is 26.2 Å². The topological polar surface area (TPSA) is 95.6 Å². The Hall–Kier alpha value is -3.82. The molecule has 0 aliphatic carbocycles. The maximum Gasteiger partial charge on any atom is 0.272 e. The first kappa shape index (κ1) is 21.4. The van der Waals surface area contributed by atoms with Gasteiger partial charge in [0.15, 0.2) is 0 Å². The standard InChI is InChI=1S/C22H20F2N4O4/c23-8-7-19(29)27-9-11-28(12-10-27)22(31)17-13-14(5-6-18(17)24)32-21-16-4-2-1-3-15(16)20(30)25-26-21/h1-6,13H,7-12H2,(H,25,30). The van der Waals surface area contributed by atoms with Crippen LogP contribution in [0.3, 0.4) is 0 Å². The molecule has 4 rings (SSSR count). The fraction of sp³-hybridized carbons (Fsp3) is 0.273. The monoisotopic (exact) mass is 442 g/mol. The van der Waals surface area contributed by atoms with Crippen LogP contribution in [0.1, 0.15) is 16.8 Å². The summed E-state index contributed by atoms with van der Waals surface area (Å²) >= 11 is 0. The second-order valence-electron chi connectivity index (χ2n) is 7.26. The number of nitrogens with one attached hydrogen (secondary N) is 1. The first-order valence-corrected chi connectivity index (χ1v) is 10.1. The van der Waals surface area contributed by atoms with Gasteiger partial charge in [-0.2, -0.15) is 0 Å². The molecule has 2 amide bonds. The number of amides is 2. The highest BCUT2D eigenvalue weighted by Gasteiger charge is 2.26. The van der Waals surface area contributed by atoms with Gasteiger partial charge in [0.25, 0.3) is 11.5 Å². The van der Waals surface area contributed by atoms with Crippen molar-refractivity contribution in [2.75, 3.05) is 32.9 Å². The molecule has 3 aromatic rings. The maximum absolute atomic E-state index is 14.5. The third kappa shape index (κ3) is 4.29. The number of carbonyl (C=O) groups excluding carboxylic acids is 2. The molecule has 0 radical (unpaired) electrons. The van der Waals surface area contributed by atoms with Gasteiger partial charge >= 0.3 is 0 Å². The Morgan fingerprint density at radius 3 is 2.44 bits per heavy atom. The van der Waals surface area contributed by atoms with Crippen molar-refractivity contribution in [3.8, 4) is 11.6 Å².